The van der Waals surface area contributed by atoms with Crippen LogP contribution >= 0.6 is 0 Å². The van der Waals surface area contributed by atoms with Gasteiger partial charge in [0, 0.05) is 23.9 Å². The fraction of sp³-hybridized carbons (Fsp3) is 0.333. The van der Waals surface area contributed by atoms with Gasteiger partial charge in [0.25, 0.3) is 0 Å². The zero-order valence-electron chi connectivity index (χ0n) is 13.5. The van der Waals surface area contributed by atoms with Crippen LogP contribution in [0.4, 0.5) is 0 Å². The summed E-state index contributed by atoms with van der Waals surface area (Å²) in [5, 5.41) is 3.28. The van der Waals surface area contributed by atoms with Gasteiger partial charge >= 0.3 is 0 Å². The molecule has 0 bridgehead atoms. The fourth-order valence-corrected chi connectivity index (χ4v) is 2.17. The van der Waals surface area contributed by atoms with Gasteiger partial charge in [-0.3, -0.25) is 0 Å². The molecule has 0 aromatic heterocycles. The largest absolute Gasteiger partial charge is 0.494 e. The summed E-state index contributed by atoms with van der Waals surface area (Å²) in [4.78, 5) is 9.04. The van der Waals surface area contributed by atoms with Gasteiger partial charge in [-0.1, -0.05) is 31.2 Å². The highest BCUT2D eigenvalue weighted by molar-refractivity contribution is 6.08. The molecule has 0 radical (unpaired) electrons. The number of nitrogens with one attached hydrogen (secondary N) is 1. The molecule has 0 spiro atoms. The monoisotopic (exact) mass is 297 g/mol. The minimum Gasteiger partial charge on any atom is -0.494 e. The molecule has 1 aromatic carbocycles. The van der Waals surface area contributed by atoms with E-state index in [4.69, 9.17) is 4.74 Å². The molecule has 1 aliphatic heterocycles. The summed E-state index contributed by atoms with van der Waals surface area (Å²) in [6, 6.07) is 8.03. The Morgan fingerprint density at radius 3 is 2.95 bits per heavy atom. The Bertz CT molecular complexity index is 627. The molecule has 4 heteroatoms. The molecule has 0 fully saturated rings. The average molecular weight is 297 g/mol. The van der Waals surface area contributed by atoms with E-state index in [9.17, 15) is 0 Å². The molecule has 0 saturated carbocycles. The van der Waals surface area contributed by atoms with Crippen molar-refractivity contribution in [2.24, 2.45) is 9.98 Å². The van der Waals surface area contributed by atoms with Gasteiger partial charge in [-0.2, -0.15) is 0 Å². The first-order chi connectivity index (χ1) is 10.8. The van der Waals surface area contributed by atoms with Crippen molar-refractivity contribution in [3.05, 3.63) is 53.9 Å². The fourth-order valence-electron chi connectivity index (χ4n) is 2.17. The van der Waals surface area contributed by atoms with E-state index in [-0.39, 0.29) is 0 Å². The number of guanidine groups is 1. The van der Waals surface area contributed by atoms with Crippen molar-refractivity contribution >= 4 is 11.7 Å². The molecule has 0 unspecified atom stereocenters. The topological polar surface area (TPSA) is 46.0 Å². The van der Waals surface area contributed by atoms with Crippen LogP contribution in [0.3, 0.4) is 0 Å². The molecule has 1 aliphatic rings. The predicted molar refractivity (Wildman–Crippen MR) is 92.5 cm³/mol. The molecule has 0 saturated heterocycles. The molecule has 22 heavy (non-hydrogen) atoms. The van der Waals surface area contributed by atoms with Crippen LogP contribution in [0.25, 0.3) is 0 Å². The van der Waals surface area contributed by atoms with Crippen molar-refractivity contribution in [3.63, 3.8) is 0 Å². The SMILES string of the molecule is C/C=C(\CC)NC1=NC=CCC(c2cccc(OCC)c2)=N1. The van der Waals surface area contributed by atoms with Gasteiger partial charge in [0.05, 0.1) is 12.3 Å². The van der Waals surface area contributed by atoms with E-state index >= 15 is 0 Å². The summed E-state index contributed by atoms with van der Waals surface area (Å²) in [5.41, 5.74) is 3.15. The van der Waals surface area contributed by atoms with Gasteiger partial charge in [-0.15, -0.1) is 0 Å². The number of allylic oxidation sites excluding steroid dienone is 3. The van der Waals surface area contributed by atoms with Crippen LogP contribution in [-0.4, -0.2) is 18.3 Å². The normalized spacial score (nSPS) is 15.0. The number of aliphatic imine (C=N–C) groups is 2. The van der Waals surface area contributed by atoms with Crippen LogP contribution in [-0.2, 0) is 0 Å². The highest BCUT2D eigenvalue weighted by Crippen LogP contribution is 2.16. The van der Waals surface area contributed by atoms with Crippen molar-refractivity contribution in [2.45, 2.75) is 33.6 Å². The quantitative estimate of drug-likeness (QED) is 0.891. The van der Waals surface area contributed by atoms with E-state index in [0.29, 0.717) is 12.6 Å². The number of hydrogen-bond donors (Lipinski definition) is 1. The lowest BCUT2D eigenvalue weighted by Crippen LogP contribution is -2.21. The van der Waals surface area contributed by atoms with Crippen LogP contribution in [0.2, 0.25) is 0 Å². The Hall–Kier alpha value is -2.36. The Morgan fingerprint density at radius 1 is 1.36 bits per heavy atom. The number of hydrogen-bond acceptors (Lipinski definition) is 4. The highest BCUT2D eigenvalue weighted by atomic mass is 16.5. The van der Waals surface area contributed by atoms with Gasteiger partial charge < -0.3 is 10.1 Å². The van der Waals surface area contributed by atoms with Gasteiger partial charge in [-0.05, 0) is 32.4 Å². The minimum absolute atomic E-state index is 0.625. The van der Waals surface area contributed by atoms with Crippen molar-refractivity contribution in [2.75, 3.05) is 6.61 Å². The number of ether oxygens (including phenoxy) is 1. The van der Waals surface area contributed by atoms with Crippen LogP contribution in [0.15, 0.2) is 58.3 Å². The summed E-state index contributed by atoms with van der Waals surface area (Å²) >= 11 is 0. The Balaban J connectivity index is 2.26. The van der Waals surface area contributed by atoms with Crippen molar-refractivity contribution in [1.82, 2.24) is 5.32 Å². The van der Waals surface area contributed by atoms with Gasteiger partial charge in [0.15, 0.2) is 0 Å². The molecule has 1 N–H and O–H groups in total. The maximum absolute atomic E-state index is 5.57. The summed E-state index contributed by atoms with van der Waals surface area (Å²) in [7, 11) is 0. The maximum Gasteiger partial charge on any atom is 0.227 e. The summed E-state index contributed by atoms with van der Waals surface area (Å²) < 4.78 is 5.57. The third kappa shape index (κ3) is 4.32. The zero-order valence-corrected chi connectivity index (χ0v) is 13.5. The van der Waals surface area contributed by atoms with Crippen LogP contribution in [0.5, 0.6) is 5.75 Å². The number of nitrogens with zero attached hydrogens (tertiary/aromatic N) is 2. The molecule has 2 rings (SSSR count). The predicted octanol–water partition coefficient (Wildman–Crippen LogP) is 4.05. The molecule has 1 heterocycles. The second kappa shape index (κ2) is 8.17. The summed E-state index contributed by atoms with van der Waals surface area (Å²) in [5.74, 6) is 1.49. The minimum atomic E-state index is 0.625. The lowest BCUT2D eigenvalue weighted by Gasteiger charge is -2.10. The van der Waals surface area contributed by atoms with Crippen LogP contribution in [0.1, 0.15) is 39.2 Å². The standard InChI is InChI=1S/C18H23N3O/c1-4-15(5-2)20-18-19-12-8-11-17(21-18)14-9-7-10-16(13-14)22-6-3/h4,7-10,12-13H,5-6,11H2,1-3H3,(H,19,20)/b15-4+. The van der Waals surface area contributed by atoms with E-state index in [1.54, 1.807) is 6.20 Å². The van der Waals surface area contributed by atoms with Gasteiger partial charge in [0.2, 0.25) is 5.96 Å². The molecule has 116 valence electrons. The number of rotatable bonds is 5. The smallest absolute Gasteiger partial charge is 0.227 e. The van der Waals surface area contributed by atoms with Crippen molar-refractivity contribution in [1.29, 1.82) is 0 Å². The highest BCUT2D eigenvalue weighted by Gasteiger charge is 2.09. The van der Waals surface area contributed by atoms with Gasteiger partial charge in [0.1, 0.15) is 5.75 Å². The Labute approximate surface area is 132 Å². The average Bonchev–Trinajstić information content (AvgIpc) is 2.79. The molecular formula is C18H23N3O. The second-order valence-corrected chi connectivity index (χ2v) is 4.85. The van der Waals surface area contributed by atoms with E-state index in [1.807, 2.05) is 44.2 Å². The summed E-state index contributed by atoms with van der Waals surface area (Å²) in [6.07, 6.45) is 7.53. The number of benzene rings is 1. The third-order valence-corrected chi connectivity index (χ3v) is 3.33. The van der Waals surface area contributed by atoms with Gasteiger partial charge in [-0.25, -0.2) is 9.98 Å². The Morgan fingerprint density at radius 2 is 2.23 bits per heavy atom. The van der Waals surface area contributed by atoms with E-state index in [1.165, 1.54) is 0 Å². The van der Waals surface area contributed by atoms with Crippen LogP contribution in [0, 0.1) is 0 Å². The van der Waals surface area contributed by atoms with E-state index in [0.717, 1.165) is 35.6 Å². The molecule has 0 atom stereocenters. The van der Waals surface area contributed by atoms with E-state index < -0.39 is 0 Å². The Kier molecular flexibility index (Phi) is 5.95. The molecule has 4 nitrogen and oxygen atoms in total. The van der Waals surface area contributed by atoms with Crippen molar-refractivity contribution in [3.8, 4) is 5.75 Å². The maximum atomic E-state index is 5.57. The first kappa shape index (κ1) is 16.0. The second-order valence-electron chi connectivity index (χ2n) is 4.85. The summed E-state index contributed by atoms with van der Waals surface area (Å²) in [6.45, 7) is 6.75. The first-order valence-electron chi connectivity index (χ1n) is 7.72. The molecule has 0 amide bonds. The lowest BCUT2D eigenvalue weighted by molar-refractivity contribution is 0.340. The third-order valence-electron chi connectivity index (χ3n) is 3.33. The molecule has 0 aliphatic carbocycles. The zero-order chi connectivity index (χ0) is 15.8. The van der Waals surface area contributed by atoms with Crippen molar-refractivity contribution < 1.29 is 4.74 Å². The molecular weight excluding hydrogens is 274 g/mol. The first-order valence-corrected chi connectivity index (χ1v) is 7.72. The van der Waals surface area contributed by atoms with E-state index in [2.05, 4.69) is 28.3 Å². The lowest BCUT2D eigenvalue weighted by atomic mass is 10.1. The molecule has 1 aromatic rings. The van der Waals surface area contributed by atoms with Crippen LogP contribution < -0.4 is 10.1 Å².